The van der Waals surface area contributed by atoms with Gasteiger partial charge in [-0.3, -0.25) is 9.36 Å². The zero-order valence-electron chi connectivity index (χ0n) is 22.4. The van der Waals surface area contributed by atoms with Gasteiger partial charge in [0.1, 0.15) is 18.2 Å². The molecule has 1 heterocycles. The third-order valence-electron chi connectivity index (χ3n) is 6.62. The minimum atomic E-state index is -0.991. The number of aryl methyl sites for hydroxylation is 1. The molecule has 1 atom stereocenters. The highest BCUT2D eigenvalue weighted by atomic mass is 19.1. The predicted molar refractivity (Wildman–Crippen MR) is 152 cm³/mol. The zero-order valence-corrected chi connectivity index (χ0v) is 22.4. The molecular weight excluding hydrogens is 507 g/mol. The number of rotatable bonds is 12. The summed E-state index contributed by atoms with van der Waals surface area (Å²) in [5.41, 5.74) is 2.27. The Kier molecular flexibility index (Phi) is 9.46. The summed E-state index contributed by atoms with van der Waals surface area (Å²) in [6.07, 6.45) is 2.88. The third kappa shape index (κ3) is 6.29. The minimum Gasteiger partial charge on any atom is -0.445 e. The first-order valence-electron chi connectivity index (χ1n) is 13.2. The quantitative estimate of drug-likeness (QED) is 0.147. The van der Waals surface area contributed by atoms with E-state index in [4.69, 9.17) is 4.74 Å². The van der Waals surface area contributed by atoms with Crippen LogP contribution in [-0.4, -0.2) is 40.7 Å². The van der Waals surface area contributed by atoms with Gasteiger partial charge >= 0.3 is 6.09 Å². The Labute approximate surface area is 233 Å². The molecule has 1 aromatic heterocycles. The number of nitrogens with zero attached hydrogens (tertiary/aromatic N) is 2. The van der Waals surface area contributed by atoms with E-state index in [9.17, 15) is 9.59 Å². The van der Waals surface area contributed by atoms with Crippen LogP contribution in [0.2, 0.25) is 0 Å². The number of ether oxygens (including phenoxy) is 1. The van der Waals surface area contributed by atoms with E-state index in [1.165, 1.54) is 6.08 Å². The molecule has 4 rings (SSSR count). The maximum atomic E-state index is 15.8. The van der Waals surface area contributed by atoms with Gasteiger partial charge in [-0.2, -0.15) is 4.39 Å². The van der Waals surface area contributed by atoms with E-state index < -0.39 is 23.8 Å². The lowest BCUT2D eigenvalue weighted by atomic mass is 9.76. The number of carbonyl (C=O) groups excluding carboxylic acids is 2. The second kappa shape index (κ2) is 13.4. The summed E-state index contributed by atoms with van der Waals surface area (Å²) in [6.45, 7) is 5.44. The summed E-state index contributed by atoms with van der Waals surface area (Å²) >= 11 is 0. The van der Waals surface area contributed by atoms with Crippen LogP contribution in [-0.2, 0) is 21.5 Å². The third-order valence-corrected chi connectivity index (χ3v) is 6.62. The minimum absolute atomic E-state index is 0.0590. The molecule has 0 aliphatic carbocycles. The maximum Gasteiger partial charge on any atom is 0.408 e. The topological polar surface area (TPSA) is 85.2 Å². The number of amides is 2. The summed E-state index contributed by atoms with van der Waals surface area (Å²) in [5, 5.41) is 5.25. The second-order valence-corrected chi connectivity index (χ2v) is 9.33. The number of benzene rings is 3. The van der Waals surface area contributed by atoms with E-state index in [-0.39, 0.29) is 12.5 Å². The van der Waals surface area contributed by atoms with Crippen LogP contribution < -0.4 is 10.6 Å². The Morgan fingerprint density at radius 2 is 1.50 bits per heavy atom. The van der Waals surface area contributed by atoms with Gasteiger partial charge in [-0.1, -0.05) is 104 Å². The predicted octanol–water partition coefficient (Wildman–Crippen LogP) is 5.21. The van der Waals surface area contributed by atoms with Crippen molar-refractivity contribution < 1.29 is 18.7 Å². The normalized spacial score (nSPS) is 11.8. The molecule has 1 unspecified atom stereocenters. The van der Waals surface area contributed by atoms with Gasteiger partial charge in [0.25, 0.3) is 6.08 Å². The molecule has 2 amide bonds. The highest BCUT2D eigenvalue weighted by Crippen LogP contribution is 2.41. The van der Waals surface area contributed by atoms with Crippen LogP contribution in [0.3, 0.4) is 0 Å². The van der Waals surface area contributed by atoms with Crippen molar-refractivity contribution in [2.75, 3.05) is 13.2 Å². The van der Waals surface area contributed by atoms with E-state index >= 15 is 4.39 Å². The van der Waals surface area contributed by atoms with Gasteiger partial charge in [0.15, 0.2) is 0 Å². The number of aromatic nitrogens is 2. The summed E-state index contributed by atoms with van der Waals surface area (Å²) in [5.74, 6) is -0.344. The number of alkyl carbamates (subject to hydrolysis) is 1. The Hall–Kier alpha value is -4.72. The molecule has 0 aliphatic heterocycles. The molecule has 206 valence electrons. The van der Waals surface area contributed by atoms with Crippen molar-refractivity contribution >= 4 is 12.0 Å². The van der Waals surface area contributed by atoms with Gasteiger partial charge in [0.05, 0.1) is 5.69 Å². The molecule has 40 heavy (non-hydrogen) atoms. The maximum absolute atomic E-state index is 15.8. The average Bonchev–Trinajstić information content (AvgIpc) is 3.36. The van der Waals surface area contributed by atoms with Gasteiger partial charge in [0, 0.05) is 12.7 Å². The van der Waals surface area contributed by atoms with Crippen LogP contribution in [0.4, 0.5) is 9.18 Å². The SMILES string of the molecule is C=CCOC(=O)NC(C)C(=O)NCCCc1cn(C(c2ccccc2)(c2ccccc2)c2ccccc2)c(F)n1. The van der Waals surface area contributed by atoms with Crippen molar-refractivity contribution in [1.82, 2.24) is 20.2 Å². The first-order valence-corrected chi connectivity index (χ1v) is 13.2. The fraction of sp³-hybridized carbons (Fsp3) is 0.219. The highest BCUT2D eigenvalue weighted by molar-refractivity contribution is 5.85. The van der Waals surface area contributed by atoms with Crippen LogP contribution >= 0.6 is 0 Å². The van der Waals surface area contributed by atoms with Gasteiger partial charge < -0.3 is 15.4 Å². The molecule has 3 aromatic carbocycles. The fourth-order valence-corrected chi connectivity index (χ4v) is 4.77. The average molecular weight is 541 g/mol. The van der Waals surface area contributed by atoms with Crippen molar-refractivity contribution in [2.24, 2.45) is 0 Å². The first kappa shape index (κ1) is 28.3. The second-order valence-electron chi connectivity index (χ2n) is 9.33. The lowest BCUT2D eigenvalue weighted by Gasteiger charge is -2.37. The number of carbonyl (C=O) groups is 2. The summed E-state index contributed by atoms with van der Waals surface area (Å²) < 4.78 is 22.3. The van der Waals surface area contributed by atoms with Crippen molar-refractivity contribution in [2.45, 2.75) is 31.3 Å². The molecule has 0 spiro atoms. The van der Waals surface area contributed by atoms with E-state index in [1.54, 1.807) is 17.7 Å². The zero-order chi connectivity index (χ0) is 28.4. The number of nitrogens with one attached hydrogen (secondary N) is 2. The molecule has 0 saturated carbocycles. The van der Waals surface area contributed by atoms with Gasteiger partial charge in [-0.25, -0.2) is 9.78 Å². The summed E-state index contributed by atoms with van der Waals surface area (Å²) in [6, 6.07) is 28.7. The van der Waals surface area contributed by atoms with Crippen molar-refractivity contribution in [1.29, 1.82) is 0 Å². The Bertz CT molecular complexity index is 1310. The summed E-state index contributed by atoms with van der Waals surface area (Å²) in [7, 11) is 0. The largest absolute Gasteiger partial charge is 0.445 e. The molecule has 0 saturated heterocycles. The number of hydrogen-bond donors (Lipinski definition) is 2. The highest BCUT2D eigenvalue weighted by Gasteiger charge is 2.40. The number of halogens is 1. The lowest BCUT2D eigenvalue weighted by Crippen LogP contribution is -2.45. The molecule has 8 heteroatoms. The molecule has 2 N–H and O–H groups in total. The smallest absolute Gasteiger partial charge is 0.408 e. The molecule has 0 radical (unpaired) electrons. The van der Waals surface area contributed by atoms with Crippen LogP contribution in [0.15, 0.2) is 110 Å². The Morgan fingerprint density at radius 1 is 0.975 bits per heavy atom. The van der Waals surface area contributed by atoms with Gasteiger partial charge in [-0.05, 0) is 36.5 Å². The van der Waals surface area contributed by atoms with Crippen LogP contribution in [0.1, 0.15) is 35.7 Å². The molecule has 0 aliphatic rings. The first-order chi connectivity index (χ1) is 19.5. The summed E-state index contributed by atoms with van der Waals surface area (Å²) in [4.78, 5) is 28.3. The van der Waals surface area contributed by atoms with Crippen LogP contribution in [0.25, 0.3) is 0 Å². The lowest BCUT2D eigenvalue weighted by molar-refractivity contribution is -0.122. The number of imidazole rings is 1. The molecule has 4 aromatic rings. The van der Waals surface area contributed by atoms with Crippen molar-refractivity contribution in [3.05, 3.63) is 138 Å². The monoisotopic (exact) mass is 540 g/mol. The van der Waals surface area contributed by atoms with Crippen molar-refractivity contribution in [3.8, 4) is 0 Å². The molecular formula is C32H33FN4O3. The van der Waals surface area contributed by atoms with Crippen LogP contribution in [0, 0.1) is 6.08 Å². The molecule has 0 fully saturated rings. The fourth-order valence-electron chi connectivity index (χ4n) is 4.77. The van der Waals surface area contributed by atoms with Crippen LogP contribution in [0.5, 0.6) is 0 Å². The standard InChI is InChI=1S/C32H33FN4O3/c1-3-22-40-31(39)35-24(2)29(38)34-21-13-20-28-23-37(30(33)36-28)32(25-14-7-4-8-15-25,26-16-9-5-10-17-26)27-18-11-6-12-19-27/h3-12,14-19,23-24H,1,13,20-22H2,2H3,(H,34,38)(H,35,39). The van der Waals surface area contributed by atoms with E-state index in [2.05, 4.69) is 22.2 Å². The Balaban J connectivity index is 1.56. The van der Waals surface area contributed by atoms with E-state index in [0.717, 1.165) is 16.7 Å². The molecule has 0 bridgehead atoms. The Morgan fingerprint density at radius 3 is 2.00 bits per heavy atom. The van der Waals surface area contributed by atoms with E-state index in [0.29, 0.717) is 25.1 Å². The van der Waals surface area contributed by atoms with Crippen molar-refractivity contribution in [3.63, 3.8) is 0 Å². The van der Waals surface area contributed by atoms with E-state index in [1.807, 2.05) is 91.0 Å². The van der Waals surface area contributed by atoms with Gasteiger partial charge in [0.2, 0.25) is 5.91 Å². The molecule has 7 nitrogen and oxygen atoms in total. The van der Waals surface area contributed by atoms with Gasteiger partial charge in [-0.15, -0.1) is 0 Å². The number of hydrogen-bond acceptors (Lipinski definition) is 4.